The monoisotopic (exact) mass is 1230 g/mol. The van der Waals surface area contributed by atoms with Gasteiger partial charge >= 0.3 is 0 Å². The number of aldehydes is 6. The van der Waals surface area contributed by atoms with E-state index in [1.807, 2.05) is 76.0 Å². The molecule has 0 aromatic heterocycles. The summed E-state index contributed by atoms with van der Waals surface area (Å²) in [6, 6.07) is 0.830. The summed E-state index contributed by atoms with van der Waals surface area (Å²) in [6.45, 7) is 16.9. The van der Waals surface area contributed by atoms with Crippen LogP contribution in [0.4, 0.5) is 0 Å². The van der Waals surface area contributed by atoms with Gasteiger partial charge in [-0.25, -0.2) is 0 Å². The topological polar surface area (TPSA) is 447 Å². The smallest absolute Gasteiger partial charge is 0.182 e. The van der Waals surface area contributed by atoms with Gasteiger partial charge in [-0.3, -0.25) is 38.3 Å². The molecule has 0 spiro atoms. The lowest BCUT2D eigenvalue weighted by Crippen LogP contribution is -2.34. The number of nitrogens with one attached hydrogen (secondary N) is 1. The van der Waals surface area contributed by atoms with Crippen molar-refractivity contribution in [3.05, 3.63) is 23.5 Å². The van der Waals surface area contributed by atoms with Crippen molar-refractivity contribution in [3.8, 4) is 0 Å². The fourth-order valence-electron chi connectivity index (χ4n) is 3.42. The second-order valence-electron chi connectivity index (χ2n) is 14.2. The van der Waals surface area contributed by atoms with E-state index in [1.165, 1.54) is 16.9 Å². The normalized spacial score (nSPS) is 11.9. The van der Waals surface area contributed by atoms with Crippen LogP contribution in [0.15, 0.2) is 42.5 Å². The Morgan fingerprint density at radius 1 is 0.733 bits per heavy atom. The molecule has 0 saturated heterocycles. The number of ketones is 1. The zero-order chi connectivity index (χ0) is 61.0. The molecule has 1 rings (SSSR count). The Bertz CT molecular complexity index is 1280. The molecule has 1 aliphatic carbocycles. The first-order valence-electron chi connectivity index (χ1n) is 22.5. The summed E-state index contributed by atoms with van der Waals surface area (Å²) in [5, 5.41) is 46.1. The van der Waals surface area contributed by atoms with E-state index in [9.17, 15) is 29.1 Å². The summed E-state index contributed by atoms with van der Waals surface area (Å²) in [5.41, 5.74) is 24.1. The summed E-state index contributed by atoms with van der Waals surface area (Å²) in [4.78, 5) is 68.1. The van der Waals surface area contributed by atoms with Gasteiger partial charge in [0.05, 0.1) is 13.2 Å². The minimum atomic E-state index is -1.19. The average Bonchev–Trinajstić information content (AvgIpc) is 3.40. The summed E-state index contributed by atoms with van der Waals surface area (Å²) < 4.78 is 14.7. The Morgan fingerprint density at radius 3 is 1.36 bits per heavy atom. The van der Waals surface area contributed by atoms with Crippen LogP contribution >= 0.6 is 75.1 Å². The fraction of sp³-hybridized carbons (Fsp3) is 0.651. The number of likely N-dealkylation sites (N-methyl/N-ethyl adjacent to an activating group) is 1. The molecule has 11 atom stereocenters. The molecule has 450 valence electrons. The highest BCUT2D eigenvalue weighted by Gasteiger charge is 2.18. The highest BCUT2D eigenvalue weighted by atomic mass is 31.0. The summed E-state index contributed by atoms with van der Waals surface area (Å²) in [7, 11) is 18.3. The van der Waals surface area contributed by atoms with Crippen molar-refractivity contribution >= 4 is 143 Å². The molecule has 11 unspecified atom stereocenters. The third-order valence-corrected chi connectivity index (χ3v) is 7.03. The third kappa shape index (κ3) is 147. The van der Waals surface area contributed by atoms with Gasteiger partial charge in [0.15, 0.2) is 24.6 Å². The number of aliphatic hydroxyl groups excluding tert-OH is 5. The first-order chi connectivity index (χ1) is 35.2. The SMILES string of the molecule is CC(C)N.CC(C)NCC1=CC(O)=CC(C(C)C)C1.CCC.CN(CC(=O)CO)CC(O)C=O.NP.NP.NP.NP.O.O=CC(O)CO.O=CC=O.O=CCCCC=O.PN=CC=NP.PN=CCCCC=NP. The van der Waals surface area contributed by atoms with Gasteiger partial charge in [-0.1, -0.05) is 105 Å². The zero-order valence-corrected chi connectivity index (χ0v) is 55.2. The summed E-state index contributed by atoms with van der Waals surface area (Å²) >= 11 is 0. The number of allylic oxidation sites excluding steroid dienone is 2. The molecule has 0 fully saturated rings. The van der Waals surface area contributed by atoms with Gasteiger partial charge in [0.25, 0.3) is 0 Å². The molecule has 0 aliphatic heterocycles. The molecule has 32 heteroatoms. The minimum absolute atomic E-state index is 0. The summed E-state index contributed by atoms with van der Waals surface area (Å²) in [6.07, 6.45) is 18.5. The first kappa shape index (κ1) is 106. The first-order valence-corrected chi connectivity index (χ1v) is 27.2. The highest BCUT2D eigenvalue weighted by Crippen LogP contribution is 2.27. The Morgan fingerprint density at radius 2 is 1.11 bits per heavy atom. The Hall–Kier alpha value is -1.39. The van der Waals surface area contributed by atoms with Crippen LogP contribution in [-0.2, 0) is 33.6 Å². The number of nitrogens with two attached hydrogens (primary N) is 5. The lowest BCUT2D eigenvalue weighted by molar-refractivity contribution is -0.124. The number of carbonyl (C=O) groups is 7. The van der Waals surface area contributed by atoms with Crippen molar-refractivity contribution in [1.29, 1.82) is 0 Å². The maximum atomic E-state index is 10.6. The molecule has 0 saturated carbocycles. The average molecular weight is 1230 g/mol. The van der Waals surface area contributed by atoms with Crippen LogP contribution in [0.1, 0.15) is 107 Å². The van der Waals surface area contributed by atoms with Gasteiger partial charge < -0.3 is 83.3 Å². The Kier molecular flexibility index (Phi) is 153. The van der Waals surface area contributed by atoms with E-state index >= 15 is 0 Å². The molecule has 75 heavy (non-hydrogen) atoms. The molecule has 0 aromatic rings. The van der Waals surface area contributed by atoms with Gasteiger partial charge in [-0.05, 0) is 107 Å². The number of aliphatic hydroxyl groups is 5. The molecule has 0 aromatic carbocycles. The van der Waals surface area contributed by atoms with Crippen molar-refractivity contribution in [2.45, 2.75) is 131 Å². The second kappa shape index (κ2) is 108. The molecular weight excluding hydrogens is 1130 g/mol. The van der Waals surface area contributed by atoms with Crippen LogP contribution in [0, 0.1) is 11.8 Å². The zero-order valence-electron chi connectivity index (χ0n) is 45.9. The van der Waals surface area contributed by atoms with Crippen LogP contribution in [0.2, 0.25) is 0 Å². The molecule has 0 radical (unpaired) electrons. The van der Waals surface area contributed by atoms with Crippen LogP contribution < -0.4 is 33.1 Å². The van der Waals surface area contributed by atoms with E-state index in [1.54, 1.807) is 19.5 Å². The van der Waals surface area contributed by atoms with Crippen LogP contribution in [-0.4, -0.2) is 168 Å². The number of Topliss-reactive ketones (excluding diaryl/α,β-unsaturated/α-hetero) is 1. The number of carbonyl (C=O) groups excluding carboxylic acids is 7. The lowest BCUT2D eigenvalue weighted by Gasteiger charge is -2.23. The molecule has 18 N–H and O–H groups in total. The number of unbranched alkanes of at least 4 members (excludes halogenated alkanes) is 4. The van der Waals surface area contributed by atoms with Gasteiger partial charge in [-0.15, -0.1) is 0 Å². The third-order valence-electron chi connectivity index (χ3n) is 6.27. The molecule has 0 bridgehead atoms. The number of hydrogen-bond donors (Lipinski definition) is 11. The largest absolute Gasteiger partial charge is 0.508 e. The Balaban J connectivity index is -0.0000000533. The minimum Gasteiger partial charge on any atom is -0.508 e. The Labute approximate surface area is 469 Å². The molecule has 0 heterocycles. The van der Waals surface area contributed by atoms with Crippen LogP contribution in [0.3, 0.4) is 0 Å². The molecule has 0 amide bonds. The van der Waals surface area contributed by atoms with Gasteiger partial charge in [0, 0.05) is 56.8 Å². The number of hydrogen-bond acceptors (Lipinski definition) is 23. The van der Waals surface area contributed by atoms with E-state index in [4.69, 9.17) is 35.7 Å². The van der Waals surface area contributed by atoms with Crippen molar-refractivity contribution in [2.75, 3.05) is 39.9 Å². The van der Waals surface area contributed by atoms with Crippen molar-refractivity contribution in [2.24, 2.45) is 58.6 Å². The predicted octanol–water partition coefficient (Wildman–Crippen LogP) is 2.02. The van der Waals surface area contributed by atoms with E-state index in [2.05, 4.69) is 125 Å². The molecular formula is C43H105N11O13P8. The van der Waals surface area contributed by atoms with Crippen LogP contribution in [0.5, 0.6) is 0 Å². The van der Waals surface area contributed by atoms with Gasteiger partial charge in [0.1, 0.15) is 43.4 Å². The van der Waals surface area contributed by atoms with Gasteiger partial charge in [0.2, 0.25) is 0 Å². The predicted molar refractivity (Wildman–Crippen MR) is 345 cm³/mol. The number of rotatable bonds is 22. The van der Waals surface area contributed by atoms with E-state index < -0.39 is 25.4 Å². The van der Waals surface area contributed by atoms with Crippen LogP contribution in [0.25, 0.3) is 0 Å². The fourth-order valence-corrected chi connectivity index (χ4v) is 3.87. The standard InChI is InChI=1S/C13H23NO.C7H13NO4.C5H12N2P2.C5H8O2.C3H9N.C3H6O3.C3H8.C2H6N2P2.C2H2O2.4H4NP.H2O/c1-9(2)12-5-11(6-13(15)7-12)8-14-10(3)4;1-8(2-6(11)4-9)3-7(12)5-10;8-6-4-2-1-3-5-7-9;6-4-2-1-3-5-7;1-3(2)4;4-1-3(6)2-5;1-3-2;5-3-1-2-4-6;3-1-2-4;4*1-2;/h6-7,9-10,12,14-15H,5,8H2,1-4H3;4,6,10-11H,2-3,5H2,1H3;4-5H,1-3,8-9H2;4-5H,1-3H2;3H,4H2,1-2H3;1,3,5-6H,2H2;3H2,1-2H3;1-2H,5-6H2;1-2H;4*1-2H2;1H2. The van der Waals surface area contributed by atoms with E-state index in [0.717, 1.165) is 44.8 Å². The lowest BCUT2D eigenvalue weighted by atomic mass is 9.85. The van der Waals surface area contributed by atoms with Gasteiger partial charge in [-0.2, -0.15) is 0 Å². The van der Waals surface area contributed by atoms with Crippen molar-refractivity contribution in [3.63, 3.8) is 0 Å². The maximum Gasteiger partial charge on any atom is 0.182 e. The molecule has 24 nitrogen and oxygen atoms in total. The van der Waals surface area contributed by atoms with E-state index in [-0.39, 0.29) is 43.2 Å². The summed E-state index contributed by atoms with van der Waals surface area (Å²) in [5.74, 6) is 1.17. The molecule has 1 aliphatic rings. The van der Waals surface area contributed by atoms with E-state index in [0.29, 0.717) is 55.2 Å². The van der Waals surface area contributed by atoms with Crippen molar-refractivity contribution in [1.82, 2.24) is 10.2 Å². The highest BCUT2D eigenvalue weighted by molar-refractivity contribution is 7.16. The second-order valence-corrected chi connectivity index (χ2v) is 15.4. The maximum absolute atomic E-state index is 10.6. The quantitative estimate of drug-likeness (QED) is 0.0243. The number of nitrogens with zero attached hydrogens (tertiary/aromatic N) is 5. The van der Waals surface area contributed by atoms with Crippen molar-refractivity contribution < 1.29 is 64.6 Å².